The fraction of sp³-hybridized carbons (Fsp3) is 0.412. The van der Waals surface area contributed by atoms with Crippen molar-refractivity contribution in [2.75, 3.05) is 0 Å². The highest BCUT2D eigenvalue weighted by atomic mass is 32.2. The van der Waals surface area contributed by atoms with E-state index in [1.54, 1.807) is 29.8 Å². The van der Waals surface area contributed by atoms with Gasteiger partial charge < -0.3 is 5.32 Å². The summed E-state index contributed by atoms with van der Waals surface area (Å²) >= 11 is 1.44. The predicted octanol–water partition coefficient (Wildman–Crippen LogP) is 2.42. The zero-order valence-corrected chi connectivity index (χ0v) is 16.4. The summed E-state index contributed by atoms with van der Waals surface area (Å²) in [5.41, 5.74) is 3.40. The number of hydrogen-bond acceptors (Lipinski definition) is 5. The molecule has 0 radical (unpaired) electrons. The first kappa shape index (κ1) is 19.6. The van der Waals surface area contributed by atoms with Crippen LogP contribution in [0.2, 0.25) is 0 Å². The first-order valence-electron chi connectivity index (χ1n) is 7.87. The predicted molar refractivity (Wildman–Crippen MR) is 98.9 cm³/mol. The van der Waals surface area contributed by atoms with E-state index in [0.29, 0.717) is 0 Å². The molecule has 25 heavy (non-hydrogen) atoms. The maximum absolute atomic E-state index is 12.4. The summed E-state index contributed by atoms with van der Waals surface area (Å²) in [7, 11) is -3.76. The molecule has 2 N–H and O–H groups in total. The molecule has 6 nitrogen and oxygen atoms in total. The maximum Gasteiger partial charge on any atom is 0.241 e. The second kappa shape index (κ2) is 7.63. The molecule has 0 aliphatic rings. The van der Waals surface area contributed by atoms with Gasteiger partial charge in [-0.15, -0.1) is 11.3 Å². The van der Waals surface area contributed by atoms with Crippen LogP contribution >= 0.6 is 11.3 Å². The second-order valence-corrected chi connectivity index (χ2v) is 9.25. The van der Waals surface area contributed by atoms with Crippen molar-refractivity contribution >= 4 is 27.3 Å². The van der Waals surface area contributed by atoms with Crippen LogP contribution in [0.3, 0.4) is 0 Å². The summed E-state index contributed by atoms with van der Waals surface area (Å²) < 4.78 is 27.3. The van der Waals surface area contributed by atoms with Gasteiger partial charge in [-0.3, -0.25) is 4.79 Å². The topological polar surface area (TPSA) is 88.2 Å². The maximum atomic E-state index is 12.4. The van der Waals surface area contributed by atoms with Crippen LogP contribution in [0.1, 0.15) is 39.0 Å². The van der Waals surface area contributed by atoms with Gasteiger partial charge in [0.25, 0.3) is 0 Å². The Morgan fingerprint density at radius 3 is 2.40 bits per heavy atom. The minimum atomic E-state index is -3.76. The number of sulfonamides is 1. The zero-order valence-electron chi connectivity index (χ0n) is 14.7. The van der Waals surface area contributed by atoms with E-state index in [1.807, 2.05) is 5.38 Å². The monoisotopic (exact) mass is 381 g/mol. The SMILES string of the molecule is CC(NS(=O)(=O)c1ccc(C(C)(C)C)cc1)C(=O)NCc1cscn1. The molecular weight excluding hydrogens is 358 g/mol. The molecule has 2 rings (SSSR count). The highest BCUT2D eigenvalue weighted by Crippen LogP contribution is 2.23. The first-order chi connectivity index (χ1) is 11.6. The van der Waals surface area contributed by atoms with Gasteiger partial charge in [0.1, 0.15) is 0 Å². The minimum absolute atomic E-state index is 0.0570. The standard InChI is InChI=1S/C17H23N3O3S2/c1-12(16(21)18-9-14-10-24-11-19-14)20-25(22,23)15-7-5-13(6-8-15)17(2,3)4/h5-8,10-12,20H,9H2,1-4H3,(H,18,21). The van der Waals surface area contributed by atoms with Gasteiger partial charge in [-0.25, -0.2) is 13.4 Å². The van der Waals surface area contributed by atoms with Gasteiger partial charge in [0.05, 0.1) is 28.7 Å². The lowest BCUT2D eigenvalue weighted by molar-refractivity contribution is -0.122. The Kier molecular flexibility index (Phi) is 5.97. The van der Waals surface area contributed by atoms with Gasteiger partial charge in [-0.1, -0.05) is 32.9 Å². The Morgan fingerprint density at radius 1 is 1.24 bits per heavy atom. The van der Waals surface area contributed by atoms with Crippen molar-refractivity contribution < 1.29 is 13.2 Å². The summed E-state index contributed by atoms with van der Waals surface area (Å²) in [4.78, 5) is 16.3. The molecule has 8 heteroatoms. The molecular formula is C17H23N3O3S2. The number of aromatic nitrogens is 1. The third kappa shape index (κ3) is 5.35. The summed E-state index contributed by atoms with van der Waals surface area (Å²) in [6, 6.07) is 5.82. The molecule has 136 valence electrons. The van der Waals surface area contributed by atoms with Crippen molar-refractivity contribution in [2.45, 2.75) is 50.6 Å². The van der Waals surface area contributed by atoms with Crippen LogP contribution in [0.25, 0.3) is 0 Å². The lowest BCUT2D eigenvalue weighted by Crippen LogP contribution is -2.44. The lowest BCUT2D eigenvalue weighted by atomic mass is 9.87. The molecule has 1 aromatic heterocycles. The van der Waals surface area contributed by atoms with Crippen molar-refractivity contribution in [3.8, 4) is 0 Å². The molecule has 0 spiro atoms. The molecule has 0 fully saturated rings. The number of carbonyl (C=O) groups is 1. The first-order valence-corrected chi connectivity index (χ1v) is 10.3. The number of nitrogens with zero attached hydrogens (tertiary/aromatic N) is 1. The van der Waals surface area contributed by atoms with E-state index >= 15 is 0 Å². The van der Waals surface area contributed by atoms with Crippen LogP contribution in [0.15, 0.2) is 40.1 Å². The molecule has 0 aliphatic heterocycles. The Balaban J connectivity index is 2.00. The smallest absolute Gasteiger partial charge is 0.241 e. The summed E-state index contributed by atoms with van der Waals surface area (Å²) in [6.07, 6.45) is 0. The number of rotatable bonds is 6. The van der Waals surface area contributed by atoms with Gasteiger partial charge in [0, 0.05) is 5.38 Å². The molecule has 1 atom stereocenters. The van der Waals surface area contributed by atoms with Crippen molar-refractivity contribution in [1.29, 1.82) is 0 Å². The molecule has 1 unspecified atom stereocenters. The van der Waals surface area contributed by atoms with Crippen LogP contribution in [0, 0.1) is 0 Å². The largest absolute Gasteiger partial charge is 0.349 e. The Labute approximate surface area is 152 Å². The lowest BCUT2D eigenvalue weighted by Gasteiger charge is -2.19. The van der Waals surface area contributed by atoms with E-state index in [4.69, 9.17) is 0 Å². The Morgan fingerprint density at radius 2 is 1.88 bits per heavy atom. The third-order valence-corrected chi connectivity index (χ3v) is 5.87. The highest BCUT2D eigenvalue weighted by Gasteiger charge is 2.23. The van der Waals surface area contributed by atoms with E-state index < -0.39 is 22.0 Å². The summed E-state index contributed by atoms with van der Waals surface area (Å²) in [6.45, 7) is 7.96. The molecule has 2 aromatic rings. The molecule has 0 saturated heterocycles. The molecule has 1 aromatic carbocycles. The normalized spacial score (nSPS) is 13.4. The number of hydrogen-bond donors (Lipinski definition) is 2. The minimum Gasteiger partial charge on any atom is -0.349 e. The van der Waals surface area contributed by atoms with E-state index in [2.05, 4.69) is 35.8 Å². The molecule has 1 heterocycles. The van der Waals surface area contributed by atoms with Crippen molar-refractivity contribution in [3.63, 3.8) is 0 Å². The van der Waals surface area contributed by atoms with Gasteiger partial charge in [-0.2, -0.15) is 4.72 Å². The van der Waals surface area contributed by atoms with Gasteiger partial charge in [0.2, 0.25) is 15.9 Å². The number of thiazole rings is 1. The Bertz CT molecular complexity index is 808. The average molecular weight is 382 g/mol. The van der Waals surface area contributed by atoms with Crippen molar-refractivity contribution in [2.24, 2.45) is 0 Å². The van der Waals surface area contributed by atoms with E-state index in [1.165, 1.54) is 18.3 Å². The second-order valence-electron chi connectivity index (χ2n) is 6.81. The summed E-state index contributed by atoms with van der Waals surface area (Å²) in [5, 5.41) is 4.49. The van der Waals surface area contributed by atoms with Crippen LogP contribution in [0.5, 0.6) is 0 Å². The van der Waals surface area contributed by atoms with Gasteiger partial charge in [-0.05, 0) is 30.0 Å². The van der Waals surface area contributed by atoms with Crippen LogP contribution in [0.4, 0.5) is 0 Å². The summed E-state index contributed by atoms with van der Waals surface area (Å²) in [5.74, 6) is -0.400. The van der Waals surface area contributed by atoms with Crippen molar-refractivity contribution in [1.82, 2.24) is 15.0 Å². The van der Waals surface area contributed by atoms with Crippen molar-refractivity contribution in [3.05, 3.63) is 46.4 Å². The van der Waals surface area contributed by atoms with Crippen LogP contribution in [-0.4, -0.2) is 25.4 Å². The van der Waals surface area contributed by atoms with E-state index in [9.17, 15) is 13.2 Å². The molecule has 0 bridgehead atoms. The zero-order chi connectivity index (χ0) is 18.7. The number of nitrogens with one attached hydrogen (secondary N) is 2. The quantitative estimate of drug-likeness (QED) is 0.804. The molecule has 1 amide bonds. The third-order valence-electron chi connectivity index (χ3n) is 3.68. The molecule has 0 aliphatic carbocycles. The Hall–Kier alpha value is -1.77. The van der Waals surface area contributed by atoms with Gasteiger partial charge >= 0.3 is 0 Å². The van der Waals surface area contributed by atoms with E-state index in [-0.39, 0.29) is 16.9 Å². The van der Waals surface area contributed by atoms with Gasteiger partial charge in [0.15, 0.2) is 0 Å². The highest BCUT2D eigenvalue weighted by molar-refractivity contribution is 7.89. The number of benzene rings is 1. The van der Waals surface area contributed by atoms with Crippen LogP contribution in [-0.2, 0) is 26.8 Å². The molecule has 0 saturated carbocycles. The number of amides is 1. The van der Waals surface area contributed by atoms with Crippen LogP contribution < -0.4 is 10.0 Å². The fourth-order valence-electron chi connectivity index (χ4n) is 2.14. The average Bonchev–Trinajstić information content (AvgIpc) is 3.05. The fourth-order valence-corrected chi connectivity index (χ4v) is 3.91. The van der Waals surface area contributed by atoms with E-state index in [0.717, 1.165) is 11.3 Å². The number of carbonyl (C=O) groups excluding carboxylic acids is 1.